The highest BCUT2D eigenvalue weighted by Gasteiger charge is 2.52. The molecule has 1 aromatic heterocycles. The highest BCUT2D eigenvalue weighted by Crippen LogP contribution is 2.38. The number of esters is 1. The third-order valence-electron chi connectivity index (χ3n) is 12.8. The van der Waals surface area contributed by atoms with E-state index in [4.69, 9.17) is 4.74 Å². The molecule has 402 valence electrons. The summed E-state index contributed by atoms with van der Waals surface area (Å²) in [5.41, 5.74) is -12.8. The Bertz CT molecular complexity index is 3800. The molecule has 25 heteroatoms. The van der Waals surface area contributed by atoms with E-state index < -0.39 is 150 Å². The molecule has 0 aliphatic heterocycles. The summed E-state index contributed by atoms with van der Waals surface area (Å²) < 4.78 is 302. The van der Waals surface area contributed by atoms with Crippen molar-refractivity contribution < 1.29 is 102 Å². The number of rotatable bonds is 8. The van der Waals surface area contributed by atoms with Gasteiger partial charge in [0.05, 0.1) is 6.20 Å². The number of carbonyl (C=O) groups is 1. The molecule has 0 fully saturated rings. The summed E-state index contributed by atoms with van der Waals surface area (Å²) in [5.74, 6) is -71.3. The maximum atomic E-state index is 15.4. The van der Waals surface area contributed by atoms with E-state index in [1.54, 1.807) is 18.6 Å². The number of halogens is 20. The van der Waals surface area contributed by atoms with E-state index in [-0.39, 0.29) is 0 Å². The Morgan fingerprint density at radius 1 is 0.392 bits per heavy atom. The average Bonchev–Trinajstić information content (AvgIpc) is 3.10. The van der Waals surface area contributed by atoms with Crippen molar-refractivity contribution in [3.63, 3.8) is 0 Å². The zero-order chi connectivity index (χ0) is 57.3. The summed E-state index contributed by atoms with van der Waals surface area (Å²) >= 11 is 0. The molecule has 0 N–H and O–H groups in total. The molecule has 0 atom stereocenters. The van der Waals surface area contributed by atoms with Gasteiger partial charge in [-0.05, 0) is 39.7 Å². The molecule has 0 radical (unpaired) electrons. The summed E-state index contributed by atoms with van der Waals surface area (Å²) in [6.07, 6.45) is -2.17. The molecule has 0 aliphatic carbocycles. The van der Waals surface area contributed by atoms with Crippen LogP contribution in [0.25, 0.3) is 32.3 Å². The molecule has 10 rings (SSSR count). The molecule has 0 spiro atoms. The van der Waals surface area contributed by atoms with Crippen molar-refractivity contribution in [3.05, 3.63) is 243 Å². The van der Waals surface area contributed by atoms with Gasteiger partial charge >= 0.3 is 11.7 Å². The van der Waals surface area contributed by atoms with Crippen LogP contribution < -0.4 is 31.2 Å². The molecule has 79 heavy (non-hydrogen) atoms. The second kappa shape index (κ2) is 20.7. The SMILES string of the molecule is Fc1c(F)c(F)c([B-](c2c(F)c(F)c(F)c(F)c2F)(c2c(F)c(F)c(F)c(F)c2F)c2c(F)c(F)c(F)c(F)c2F)c(F)c1F.O=C(Oc1c2ccccc2cc2cc3ccccc3cc12)c1cncc[n+]1Cc1ccccc1. The predicted molar refractivity (Wildman–Crippen MR) is 243 cm³/mol. The Morgan fingerprint density at radius 3 is 1.15 bits per heavy atom. The average molecular weight is 1120 g/mol. The first kappa shape index (κ1) is 54.8. The van der Waals surface area contributed by atoms with Crippen molar-refractivity contribution >= 4 is 66.3 Å². The minimum atomic E-state index is -7.22. The summed E-state index contributed by atoms with van der Waals surface area (Å²) in [4.78, 5) is 17.7. The van der Waals surface area contributed by atoms with E-state index in [1.807, 2.05) is 71.3 Å². The lowest BCUT2D eigenvalue weighted by Gasteiger charge is -2.44. The standard InChI is InChI=1S/C30H21N2O2.C24BF20/c33-30(28-19-31-14-15-32(28)20-21-8-2-1-3-9-21)34-29-26-13-7-6-12-24(26)17-25-16-22-10-4-5-11-23(22)18-27(25)29;26-5-1(6(27)14(35)21(42)13(5)34)25(2-7(28)15(36)22(43)16(37)8(2)29,3-9(30)17(38)23(44)18(39)10(3)31)4-11(32)19(40)24(45)20(41)12(4)33/h1-19H,20H2;/q+1;-1. The van der Waals surface area contributed by atoms with E-state index in [2.05, 4.69) is 35.3 Å². The van der Waals surface area contributed by atoms with Crippen LogP contribution >= 0.6 is 0 Å². The molecular formula is C54H21BF20N2O2. The second-order valence-corrected chi connectivity index (χ2v) is 17.1. The van der Waals surface area contributed by atoms with E-state index >= 15 is 35.1 Å². The number of nitrogens with zero attached hydrogens (tertiary/aromatic N) is 2. The Kier molecular flexibility index (Phi) is 14.4. The highest BCUT2D eigenvalue weighted by atomic mass is 19.2. The van der Waals surface area contributed by atoms with Gasteiger partial charge in [0, 0.05) is 16.3 Å². The quantitative estimate of drug-likeness (QED) is 0.0223. The van der Waals surface area contributed by atoms with Crippen molar-refractivity contribution in [2.75, 3.05) is 0 Å². The maximum Gasteiger partial charge on any atom is 0.410 e. The molecule has 9 aromatic carbocycles. The fourth-order valence-corrected chi connectivity index (χ4v) is 9.32. The third kappa shape index (κ3) is 8.76. The Hall–Kier alpha value is -9.03. The number of ether oxygens (including phenoxy) is 1. The fourth-order valence-electron chi connectivity index (χ4n) is 9.32. The van der Waals surface area contributed by atoms with Gasteiger partial charge in [0.25, 0.3) is 0 Å². The Labute approximate surface area is 427 Å². The van der Waals surface area contributed by atoms with Crippen LogP contribution in [-0.4, -0.2) is 17.1 Å². The minimum Gasteiger partial charge on any atom is -0.417 e. The largest absolute Gasteiger partial charge is 0.417 e. The number of aromatic nitrogens is 2. The van der Waals surface area contributed by atoms with Crippen molar-refractivity contribution in [1.82, 2.24) is 4.98 Å². The lowest BCUT2D eigenvalue weighted by molar-refractivity contribution is -0.691. The van der Waals surface area contributed by atoms with Gasteiger partial charge in [0.2, 0.25) is 0 Å². The number of carbonyl (C=O) groups excluding carboxylic acids is 1. The molecule has 0 saturated carbocycles. The van der Waals surface area contributed by atoms with Crippen LogP contribution in [0.2, 0.25) is 0 Å². The van der Waals surface area contributed by atoms with Crippen LogP contribution in [-0.2, 0) is 6.54 Å². The molecule has 0 aliphatic rings. The molecule has 1 heterocycles. The lowest BCUT2D eigenvalue weighted by atomic mass is 9.12. The van der Waals surface area contributed by atoms with Crippen LogP contribution in [0.15, 0.2) is 116 Å². The smallest absolute Gasteiger partial charge is 0.410 e. The topological polar surface area (TPSA) is 43.1 Å². The first-order valence-corrected chi connectivity index (χ1v) is 22.1. The lowest BCUT2D eigenvalue weighted by Crippen LogP contribution is -2.81. The highest BCUT2D eigenvalue weighted by molar-refractivity contribution is 7.20. The molecule has 0 saturated heterocycles. The van der Waals surface area contributed by atoms with Crippen LogP contribution in [0.4, 0.5) is 87.8 Å². The van der Waals surface area contributed by atoms with Gasteiger partial charge in [0.15, 0.2) is 82.5 Å². The van der Waals surface area contributed by atoms with Crippen LogP contribution in [0.5, 0.6) is 5.75 Å². The summed E-state index contributed by atoms with van der Waals surface area (Å²) in [5, 5.41) is 6.11. The third-order valence-corrected chi connectivity index (χ3v) is 12.8. The summed E-state index contributed by atoms with van der Waals surface area (Å²) in [6, 6.07) is 32.6. The van der Waals surface area contributed by atoms with Gasteiger partial charge in [0.1, 0.15) is 64.6 Å². The monoisotopic (exact) mass is 1120 g/mol. The van der Waals surface area contributed by atoms with Crippen LogP contribution in [0, 0.1) is 116 Å². The van der Waals surface area contributed by atoms with Crippen LogP contribution in [0.1, 0.15) is 16.1 Å². The van der Waals surface area contributed by atoms with E-state index in [9.17, 15) is 57.5 Å². The van der Waals surface area contributed by atoms with E-state index in [0.29, 0.717) is 18.0 Å². The minimum absolute atomic E-state index is 0.397. The second-order valence-electron chi connectivity index (χ2n) is 17.1. The van der Waals surface area contributed by atoms with Crippen molar-refractivity contribution in [3.8, 4) is 5.75 Å². The molecule has 0 unspecified atom stereocenters. The molecule has 0 bridgehead atoms. The predicted octanol–water partition coefficient (Wildman–Crippen LogP) is 11.9. The molecule has 0 amide bonds. The van der Waals surface area contributed by atoms with Crippen molar-refractivity contribution in [2.24, 2.45) is 0 Å². The first-order valence-electron chi connectivity index (χ1n) is 22.1. The summed E-state index contributed by atoms with van der Waals surface area (Å²) in [6.45, 7) is 0.550. The zero-order valence-electron chi connectivity index (χ0n) is 38.5. The summed E-state index contributed by atoms with van der Waals surface area (Å²) in [7, 11) is 0. The molecule has 4 nitrogen and oxygen atoms in total. The fraction of sp³-hybridized carbons (Fsp3) is 0.0185. The van der Waals surface area contributed by atoms with Gasteiger partial charge in [-0.3, -0.25) is 4.98 Å². The first-order chi connectivity index (χ1) is 37.5. The van der Waals surface area contributed by atoms with Gasteiger partial charge in [-0.1, -0.05) is 78.9 Å². The Balaban J connectivity index is 0.000000198. The number of hydrogen-bond acceptors (Lipinski definition) is 3. The van der Waals surface area contributed by atoms with Gasteiger partial charge < -0.3 is 4.74 Å². The van der Waals surface area contributed by atoms with Gasteiger partial charge in [-0.15, -0.1) is 21.9 Å². The Morgan fingerprint density at radius 2 is 0.734 bits per heavy atom. The zero-order valence-corrected chi connectivity index (χ0v) is 38.5. The van der Waals surface area contributed by atoms with Crippen molar-refractivity contribution in [2.45, 2.75) is 6.54 Å². The van der Waals surface area contributed by atoms with Crippen LogP contribution in [0.3, 0.4) is 0 Å². The number of hydrogen-bond donors (Lipinski definition) is 0. The van der Waals surface area contributed by atoms with Gasteiger partial charge in [-0.2, -0.15) is 4.57 Å². The maximum absolute atomic E-state index is 15.4. The van der Waals surface area contributed by atoms with Gasteiger partial charge in [-0.25, -0.2) is 92.6 Å². The number of benzene rings is 9. The normalized spacial score (nSPS) is 11.6. The molecule has 10 aromatic rings. The van der Waals surface area contributed by atoms with E-state index in [0.717, 1.165) is 37.9 Å². The van der Waals surface area contributed by atoms with E-state index in [1.165, 1.54) is 0 Å². The van der Waals surface area contributed by atoms with Crippen molar-refractivity contribution in [1.29, 1.82) is 0 Å². The molecular weight excluding hydrogens is 1100 g/mol. The number of fused-ring (bicyclic) bond motifs is 3.